The van der Waals surface area contributed by atoms with Crippen molar-refractivity contribution >= 4 is 41.1 Å². The quantitative estimate of drug-likeness (QED) is 0.477. The Kier molecular flexibility index (Phi) is 9.41. The number of rotatable bonds is 7. The third-order valence-corrected chi connectivity index (χ3v) is 6.87. The Balaban J connectivity index is 1.42. The Morgan fingerprint density at radius 1 is 1.12 bits per heavy atom. The number of β-amino-alcohol motifs (C(OH)–C–C–N with tert-alkyl or cyclic N) is 1. The number of hydrogen-bond donors (Lipinski definition) is 1. The minimum atomic E-state index is -0.222. The van der Waals surface area contributed by atoms with Crippen molar-refractivity contribution in [1.29, 1.82) is 0 Å². The highest BCUT2D eigenvalue weighted by atomic mass is 35.5. The van der Waals surface area contributed by atoms with E-state index >= 15 is 0 Å². The van der Waals surface area contributed by atoms with Crippen LogP contribution in [0.4, 0.5) is 0 Å². The van der Waals surface area contributed by atoms with E-state index in [9.17, 15) is 14.7 Å². The van der Waals surface area contributed by atoms with E-state index in [1.165, 1.54) is 6.08 Å². The molecular formula is C24H33Cl2N3O3. The number of likely N-dealkylation sites (tertiary alicyclic amines) is 1. The molecule has 2 amide bonds. The number of piperidine rings is 1. The second kappa shape index (κ2) is 12.0. The Labute approximate surface area is 200 Å². The average Bonchev–Trinajstić information content (AvgIpc) is 2.93. The number of carbonyl (C=O) groups excluding carboxylic acids is 2. The van der Waals surface area contributed by atoms with Gasteiger partial charge in [0.25, 0.3) is 0 Å². The Bertz CT molecular complexity index is 823. The van der Waals surface area contributed by atoms with Crippen molar-refractivity contribution in [3.63, 3.8) is 0 Å². The van der Waals surface area contributed by atoms with Crippen LogP contribution in [0.2, 0.25) is 10.0 Å². The summed E-state index contributed by atoms with van der Waals surface area (Å²) in [6.45, 7) is 7.16. The first-order valence-electron chi connectivity index (χ1n) is 11.4. The highest BCUT2D eigenvalue weighted by Gasteiger charge is 2.24. The van der Waals surface area contributed by atoms with Crippen LogP contribution in [0.3, 0.4) is 0 Å². The second-order valence-electron chi connectivity index (χ2n) is 8.92. The van der Waals surface area contributed by atoms with E-state index in [0.29, 0.717) is 48.6 Å². The fourth-order valence-electron chi connectivity index (χ4n) is 4.46. The molecule has 1 aromatic carbocycles. The first kappa shape index (κ1) is 25.0. The van der Waals surface area contributed by atoms with Gasteiger partial charge in [0.15, 0.2) is 0 Å². The summed E-state index contributed by atoms with van der Waals surface area (Å²) in [6.07, 6.45) is 6.18. The lowest BCUT2D eigenvalue weighted by Crippen LogP contribution is -2.42. The molecule has 3 rings (SSSR count). The lowest BCUT2D eigenvalue weighted by molar-refractivity contribution is -0.130. The van der Waals surface area contributed by atoms with Gasteiger partial charge < -0.3 is 19.8 Å². The predicted molar refractivity (Wildman–Crippen MR) is 129 cm³/mol. The standard InChI is InChI=1S/C24H33Cl2N3O3/c1-18-14-20(30)17-27(16-18)9-2-3-10-28-12-13-29(11-8-24(28)32)23(31)7-5-19-4-6-21(25)22(26)15-19/h4-7,15,18,20,30H,2-3,8-14,16-17H2,1H3/b7-5+. The predicted octanol–water partition coefficient (Wildman–Crippen LogP) is 3.55. The zero-order valence-corrected chi connectivity index (χ0v) is 20.2. The molecule has 32 heavy (non-hydrogen) atoms. The van der Waals surface area contributed by atoms with E-state index in [2.05, 4.69) is 11.8 Å². The fourth-order valence-corrected chi connectivity index (χ4v) is 4.77. The van der Waals surface area contributed by atoms with Crippen LogP contribution in [0, 0.1) is 5.92 Å². The van der Waals surface area contributed by atoms with Crippen LogP contribution in [0.25, 0.3) is 6.08 Å². The normalized spacial score (nSPS) is 23.1. The molecule has 2 saturated heterocycles. The van der Waals surface area contributed by atoms with Crippen molar-refractivity contribution in [3.05, 3.63) is 39.9 Å². The molecule has 1 aromatic rings. The summed E-state index contributed by atoms with van der Waals surface area (Å²) in [4.78, 5) is 31.0. The summed E-state index contributed by atoms with van der Waals surface area (Å²) < 4.78 is 0. The molecule has 0 aromatic heterocycles. The van der Waals surface area contributed by atoms with Gasteiger partial charge in [-0.15, -0.1) is 0 Å². The van der Waals surface area contributed by atoms with Gasteiger partial charge in [-0.2, -0.15) is 0 Å². The summed E-state index contributed by atoms with van der Waals surface area (Å²) in [6, 6.07) is 5.22. The number of carbonyl (C=O) groups is 2. The van der Waals surface area contributed by atoms with Gasteiger partial charge in [0.05, 0.1) is 16.1 Å². The largest absolute Gasteiger partial charge is 0.392 e. The van der Waals surface area contributed by atoms with Gasteiger partial charge in [0.1, 0.15) is 0 Å². The van der Waals surface area contributed by atoms with Crippen molar-refractivity contribution in [3.8, 4) is 0 Å². The van der Waals surface area contributed by atoms with E-state index in [4.69, 9.17) is 23.2 Å². The topological polar surface area (TPSA) is 64.1 Å². The second-order valence-corrected chi connectivity index (χ2v) is 9.74. The van der Waals surface area contributed by atoms with Gasteiger partial charge in [0.2, 0.25) is 11.8 Å². The molecule has 0 spiro atoms. The van der Waals surface area contributed by atoms with E-state index in [-0.39, 0.29) is 17.9 Å². The van der Waals surface area contributed by atoms with Crippen LogP contribution >= 0.6 is 23.2 Å². The van der Waals surface area contributed by atoms with Crippen molar-refractivity contribution < 1.29 is 14.7 Å². The summed E-state index contributed by atoms with van der Waals surface area (Å²) in [5.74, 6) is 0.527. The molecular weight excluding hydrogens is 449 g/mol. The zero-order valence-electron chi connectivity index (χ0n) is 18.7. The smallest absolute Gasteiger partial charge is 0.246 e. The molecule has 0 radical (unpaired) electrons. The van der Waals surface area contributed by atoms with E-state index in [1.54, 1.807) is 29.2 Å². The summed E-state index contributed by atoms with van der Waals surface area (Å²) in [5.41, 5.74) is 0.802. The Morgan fingerprint density at radius 2 is 1.91 bits per heavy atom. The van der Waals surface area contributed by atoms with Crippen molar-refractivity contribution in [2.75, 3.05) is 45.8 Å². The van der Waals surface area contributed by atoms with Gasteiger partial charge >= 0.3 is 0 Å². The summed E-state index contributed by atoms with van der Waals surface area (Å²) in [7, 11) is 0. The van der Waals surface area contributed by atoms with Crippen molar-refractivity contribution in [1.82, 2.24) is 14.7 Å². The maximum Gasteiger partial charge on any atom is 0.246 e. The first-order chi connectivity index (χ1) is 15.3. The van der Waals surface area contributed by atoms with Crippen LogP contribution in [-0.4, -0.2) is 83.5 Å². The summed E-state index contributed by atoms with van der Waals surface area (Å²) in [5, 5.41) is 10.9. The minimum Gasteiger partial charge on any atom is -0.392 e. The molecule has 0 aliphatic carbocycles. The molecule has 0 bridgehead atoms. The van der Waals surface area contributed by atoms with Crippen LogP contribution in [-0.2, 0) is 9.59 Å². The monoisotopic (exact) mass is 481 g/mol. The lowest BCUT2D eigenvalue weighted by Gasteiger charge is -2.34. The van der Waals surface area contributed by atoms with Crippen molar-refractivity contribution in [2.24, 2.45) is 5.92 Å². The number of halogens is 2. The van der Waals surface area contributed by atoms with E-state index in [0.717, 1.165) is 44.5 Å². The summed E-state index contributed by atoms with van der Waals surface area (Å²) >= 11 is 11.9. The zero-order chi connectivity index (χ0) is 23.1. The molecule has 2 aliphatic rings. The number of aliphatic hydroxyl groups is 1. The third kappa shape index (κ3) is 7.48. The maximum absolute atomic E-state index is 12.6. The molecule has 1 N–H and O–H groups in total. The number of unbranched alkanes of at least 4 members (excludes halogenated alkanes) is 1. The average molecular weight is 482 g/mol. The maximum atomic E-state index is 12.6. The number of aliphatic hydroxyl groups excluding tert-OH is 1. The molecule has 2 fully saturated rings. The molecule has 2 aliphatic heterocycles. The molecule has 6 nitrogen and oxygen atoms in total. The van der Waals surface area contributed by atoms with Crippen LogP contribution < -0.4 is 0 Å². The van der Waals surface area contributed by atoms with Crippen molar-refractivity contribution in [2.45, 2.75) is 38.7 Å². The first-order valence-corrected chi connectivity index (χ1v) is 12.2. The van der Waals surface area contributed by atoms with Gasteiger partial charge in [-0.05, 0) is 55.5 Å². The van der Waals surface area contributed by atoms with E-state index in [1.807, 2.05) is 4.90 Å². The van der Waals surface area contributed by atoms with Gasteiger partial charge in [0, 0.05) is 51.8 Å². The fraction of sp³-hybridized carbons (Fsp3) is 0.583. The molecule has 176 valence electrons. The van der Waals surface area contributed by atoms with Crippen LogP contribution in [0.15, 0.2) is 24.3 Å². The SMILES string of the molecule is CC1CC(O)CN(CCCCN2CCN(C(=O)/C=C/c3ccc(Cl)c(Cl)c3)CCC2=O)C1. The highest BCUT2D eigenvalue weighted by molar-refractivity contribution is 6.42. The van der Waals surface area contributed by atoms with Gasteiger partial charge in [-0.1, -0.05) is 36.2 Å². The Morgan fingerprint density at radius 3 is 2.66 bits per heavy atom. The van der Waals surface area contributed by atoms with Crippen LogP contribution in [0.5, 0.6) is 0 Å². The molecule has 2 atom stereocenters. The van der Waals surface area contributed by atoms with Crippen LogP contribution in [0.1, 0.15) is 38.2 Å². The third-order valence-electron chi connectivity index (χ3n) is 6.13. The number of hydrogen-bond acceptors (Lipinski definition) is 4. The lowest BCUT2D eigenvalue weighted by atomic mass is 9.98. The number of amides is 2. The van der Waals surface area contributed by atoms with Gasteiger partial charge in [-0.25, -0.2) is 0 Å². The molecule has 0 saturated carbocycles. The Hall–Kier alpha value is -1.60. The number of nitrogens with zero attached hydrogens (tertiary/aromatic N) is 3. The van der Waals surface area contributed by atoms with E-state index < -0.39 is 0 Å². The molecule has 2 heterocycles. The highest BCUT2D eigenvalue weighted by Crippen LogP contribution is 2.23. The molecule has 8 heteroatoms. The molecule has 2 unspecified atom stereocenters. The van der Waals surface area contributed by atoms with Gasteiger partial charge in [-0.3, -0.25) is 9.59 Å². The minimum absolute atomic E-state index is 0.107. The number of benzene rings is 1.